The van der Waals surface area contributed by atoms with E-state index in [0.717, 1.165) is 12.5 Å². The second-order valence-electron chi connectivity index (χ2n) is 7.38. The van der Waals surface area contributed by atoms with E-state index in [2.05, 4.69) is 4.72 Å². The van der Waals surface area contributed by atoms with Crippen LogP contribution in [0.3, 0.4) is 0 Å². The number of nitro groups is 1. The molecule has 0 fully saturated rings. The summed E-state index contributed by atoms with van der Waals surface area (Å²) in [7, 11) is -4.12. The Labute approximate surface area is 176 Å². The number of hydrogen-bond acceptors (Lipinski definition) is 6. The minimum atomic E-state index is -4.12. The first kappa shape index (κ1) is 19.3. The summed E-state index contributed by atoms with van der Waals surface area (Å²) in [6, 6.07) is 13.6. The third kappa shape index (κ3) is 3.14. The molecule has 0 saturated carbocycles. The molecule has 1 aliphatic rings. The first-order valence-electron chi connectivity index (χ1n) is 9.63. The fourth-order valence-corrected chi connectivity index (χ4v) is 5.15. The maximum atomic E-state index is 13.0. The SMILES string of the molecule is O=C1CCCc2oc3c(cc(NS(=O)(=O)c4cccc([N+](=O)[O-])c4)c4ccccc43)c21. The number of hydrogen-bond donors (Lipinski definition) is 1. The van der Waals surface area contributed by atoms with E-state index in [-0.39, 0.29) is 22.1 Å². The number of carbonyl (C=O) groups is 1. The Morgan fingerprint density at radius 3 is 2.52 bits per heavy atom. The van der Waals surface area contributed by atoms with Crippen LogP contribution in [0.4, 0.5) is 11.4 Å². The number of nitro benzene ring substituents is 1. The standard InChI is InChI=1S/C22H16N2O6S/c25-19-9-4-10-20-21(19)17-12-18(15-7-1-2-8-16(15)22(17)30-20)23-31(28,29)14-6-3-5-13(11-14)24(26)27/h1-3,5-8,11-12,23H,4,9-10H2. The van der Waals surface area contributed by atoms with E-state index < -0.39 is 14.9 Å². The zero-order valence-corrected chi connectivity index (χ0v) is 16.9. The largest absolute Gasteiger partial charge is 0.460 e. The second kappa shape index (κ2) is 6.92. The van der Waals surface area contributed by atoms with Crippen molar-refractivity contribution < 1.29 is 22.6 Å². The van der Waals surface area contributed by atoms with E-state index >= 15 is 0 Å². The van der Waals surface area contributed by atoms with Crippen LogP contribution >= 0.6 is 0 Å². The first-order valence-corrected chi connectivity index (χ1v) is 11.1. The van der Waals surface area contributed by atoms with Gasteiger partial charge in [-0.25, -0.2) is 8.42 Å². The summed E-state index contributed by atoms with van der Waals surface area (Å²) in [5.41, 5.74) is 1.01. The Bertz CT molecular complexity index is 1500. The highest BCUT2D eigenvalue weighted by Crippen LogP contribution is 2.39. The summed E-state index contributed by atoms with van der Waals surface area (Å²) in [5.74, 6) is 0.595. The lowest BCUT2D eigenvalue weighted by Gasteiger charge is -2.12. The van der Waals surface area contributed by atoms with Crippen LogP contribution in [0.5, 0.6) is 0 Å². The molecule has 0 amide bonds. The van der Waals surface area contributed by atoms with E-state index in [1.165, 1.54) is 18.2 Å². The predicted molar refractivity (Wildman–Crippen MR) is 115 cm³/mol. The van der Waals surface area contributed by atoms with Gasteiger partial charge in [-0.3, -0.25) is 19.6 Å². The van der Waals surface area contributed by atoms with E-state index in [1.807, 2.05) is 12.1 Å². The molecule has 0 saturated heterocycles. The van der Waals surface area contributed by atoms with Gasteiger partial charge in [-0.1, -0.05) is 30.3 Å². The number of ketones is 1. The van der Waals surface area contributed by atoms with E-state index in [4.69, 9.17) is 4.42 Å². The van der Waals surface area contributed by atoms with Gasteiger partial charge < -0.3 is 4.42 Å². The minimum absolute atomic E-state index is 0.0252. The summed E-state index contributed by atoms with van der Waals surface area (Å²) >= 11 is 0. The summed E-state index contributed by atoms with van der Waals surface area (Å²) in [4.78, 5) is 22.7. The van der Waals surface area contributed by atoms with Crippen LogP contribution in [0.1, 0.15) is 29.0 Å². The van der Waals surface area contributed by atoms with Crippen molar-refractivity contribution in [2.45, 2.75) is 24.2 Å². The maximum Gasteiger partial charge on any atom is 0.270 e. The van der Waals surface area contributed by atoms with Crippen LogP contribution in [0.15, 0.2) is 63.9 Å². The van der Waals surface area contributed by atoms with Gasteiger partial charge in [0.15, 0.2) is 5.78 Å². The average Bonchev–Trinajstić information content (AvgIpc) is 3.14. The fraction of sp³-hybridized carbons (Fsp3) is 0.136. The lowest BCUT2D eigenvalue weighted by atomic mass is 9.93. The normalized spacial score (nSPS) is 14.0. The third-order valence-electron chi connectivity index (χ3n) is 5.44. The van der Waals surface area contributed by atoms with Crippen LogP contribution in [-0.2, 0) is 16.4 Å². The Balaban J connectivity index is 1.71. The molecular weight excluding hydrogens is 420 g/mol. The molecule has 0 bridgehead atoms. The highest BCUT2D eigenvalue weighted by atomic mass is 32.2. The van der Waals surface area contributed by atoms with Crippen molar-refractivity contribution in [1.82, 2.24) is 0 Å². The third-order valence-corrected chi connectivity index (χ3v) is 6.80. The molecule has 4 aromatic rings. The fourth-order valence-electron chi connectivity index (χ4n) is 4.04. The average molecular weight is 436 g/mol. The number of carbonyl (C=O) groups excluding carboxylic acids is 1. The minimum Gasteiger partial charge on any atom is -0.460 e. The molecule has 0 radical (unpaired) electrons. The lowest BCUT2D eigenvalue weighted by Crippen LogP contribution is -2.13. The predicted octanol–water partition coefficient (Wildman–Crippen LogP) is 4.81. The Morgan fingerprint density at radius 2 is 1.74 bits per heavy atom. The van der Waals surface area contributed by atoms with Gasteiger partial charge in [-0.05, 0) is 18.6 Å². The number of non-ortho nitro benzene ring substituents is 1. The molecule has 0 spiro atoms. The molecule has 1 N–H and O–H groups in total. The molecule has 3 aromatic carbocycles. The van der Waals surface area contributed by atoms with E-state index in [9.17, 15) is 23.3 Å². The van der Waals surface area contributed by atoms with E-state index in [1.54, 1.807) is 18.2 Å². The van der Waals surface area contributed by atoms with Gasteiger partial charge in [0.2, 0.25) is 0 Å². The number of benzene rings is 3. The van der Waals surface area contributed by atoms with Gasteiger partial charge in [0.05, 0.1) is 21.1 Å². The molecule has 0 aliphatic heterocycles. The second-order valence-corrected chi connectivity index (χ2v) is 9.07. The zero-order chi connectivity index (χ0) is 21.8. The maximum absolute atomic E-state index is 13.0. The Kier molecular flexibility index (Phi) is 4.30. The zero-order valence-electron chi connectivity index (χ0n) is 16.1. The van der Waals surface area contributed by atoms with Crippen LogP contribution < -0.4 is 4.72 Å². The van der Waals surface area contributed by atoms with Crippen molar-refractivity contribution in [1.29, 1.82) is 0 Å². The molecule has 156 valence electrons. The van der Waals surface area contributed by atoms with Crippen molar-refractivity contribution in [3.05, 3.63) is 76.0 Å². The molecule has 5 rings (SSSR count). The van der Waals surface area contributed by atoms with Crippen LogP contribution in [0.2, 0.25) is 0 Å². The van der Waals surface area contributed by atoms with Crippen molar-refractivity contribution in [2.75, 3.05) is 4.72 Å². The lowest BCUT2D eigenvalue weighted by molar-refractivity contribution is -0.385. The molecule has 0 atom stereocenters. The molecule has 1 aromatic heterocycles. The molecule has 8 nitrogen and oxygen atoms in total. The van der Waals surface area contributed by atoms with Gasteiger partial charge in [-0.2, -0.15) is 0 Å². The number of sulfonamides is 1. The van der Waals surface area contributed by atoms with Gasteiger partial charge in [0, 0.05) is 41.1 Å². The number of aryl methyl sites for hydroxylation is 1. The number of rotatable bonds is 4. The van der Waals surface area contributed by atoms with Gasteiger partial charge in [0.25, 0.3) is 15.7 Å². The highest BCUT2D eigenvalue weighted by Gasteiger charge is 2.27. The molecule has 0 unspecified atom stereocenters. The van der Waals surface area contributed by atoms with Crippen LogP contribution in [-0.4, -0.2) is 19.1 Å². The molecule has 31 heavy (non-hydrogen) atoms. The monoisotopic (exact) mass is 436 g/mol. The van der Waals surface area contributed by atoms with Crippen molar-refractivity contribution >= 4 is 48.9 Å². The quantitative estimate of drug-likeness (QED) is 0.362. The first-order chi connectivity index (χ1) is 14.8. The summed E-state index contributed by atoms with van der Waals surface area (Å²) in [5, 5.41) is 12.9. The molecule has 9 heteroatoms. The molecular formula is C22H16N2O6S. The number of nitrogens with one attached hydrogen (secondary N) is 1. The number of fused-ring (bicyclic) bond motifs is 5. The topological polar surface area (TPSA) is 120 Å². The number of nitrogens with zero attached hydrogens (tertiary/aromatic N) is 1. The summed E-state index contributed by atoms with van der Waals surface area (Å²) < 4.78 is 34.6. The van der Waals surface area contributed by atoms with Crippen LogP contribution in [0.25, 0.3) is 21.7 Å². The number of Topliss-reactive ketones (excluding diaryl/α,β-unsaturated/α-hetero) is 1. The molecule has 1 aliphatic carbocycles. The smallest absolute Gasteiger partial charge is 0.270 e. The van der Waals surface area contributed by atoms with Crippen molar-refractivity contribution in [2.24, 2.45) is 0 Å². The Morgan fingerprint density at radius 1 is 0.968 bits per heavy atom. The summed E-state index contributed by atoms with van der Waals surface area (Å²) in [6.45, 7) is 0. The van der Waals surface area contributed by atoms with Gasteiger partial charge in [0.1, 0.15) is 11.3 Å². The number of anilines is 1. The number of furan rings is 1. The summed E-state index contributed by atoms with van der Waals surface area (Å²) in [6.07, 6.45) is 1.79. The van der Waals surface area contributed by atoms with Gasteiger partial charge >= 0.3 is 0 Å². The Hall–Kier alpha value is -3.72. The molecule has 1 heterocycles. The highest BCUT2D eigenvalue weighted by molar-refractivity contribution is 7.92. The van der Waals surface area contributed by atoms with E-state index in [0.29, 0.717) is 45.9 Å². The van der Waals surface area contributed by atoms with Gasteiger partial charge in [-0.15, -0.1) is 0 Å². The van der Waals surface area contributed by atoms with Crippen LogP contribution in [0, 0.1) is 10.1 Å². The van der Waals surface area contributed by atoms with Crippen molar-refractivity contribution in [3.63, 3.8) is 0 Å². The van der Waals surface area contributed by atoms with Crippen molar-refractivity contribution in [3.8, 4) is 0 Å².